The Morgan fingerprint density at radius 2 is 2.29 bits per heavy atom. The highest BCUT2D eigenvalue weighted by molar-refractivity contribution is 5.94. The zero-order chi connectivity index (χ0) is 12.9. The molecule has 1 aromatic heterocycles. The molecule has 0 bridgehead atoms. The summed E-state index contributed by atoms with van der Waals surface area (Å²) >= 11 is 0. The first-order valence-electron chi connectivity index (χ1n) is 5.51. The van der Waals surface area contributed by atoms with E-state index in [0.717, 1.165) is 0 Å². The molecule has 0 saturated heterocycles. The van der Waals surface area contributed by atoms with E-state index in [1.165, 1.54) is 0 Å². The van der Waals surface area contributed by atoms with Gasteiger partial charge in [-0.1, -0.05) is 0 Å². The van der Waals surface area contributed by atoms with E-state index in [1.54, 1.807) is 25.3 Å². The molecule has 0 radical (unpaired) electrons. The first kappa shape index (κ1) is 13.4. The SMILES string of the molecule is CCOC(=O)c1cccnc1NC(C)(C)CO. The summed E-state index contributed by atoms with van der Waals surface area (Å²) in [6, 6.07) is 3.31. The van der Waals surface area contributed by atoms with Crippen LogP contribution in [0, 0.1) is 0 Å². The number of aromatic nitrogens is 1. The maximum absolute atomic E-state index is 11.7. The maximum atomic E-state index is 11.7. The molecule has 2 N–H and O–H groups in total. The van der Waals surface area contributed by atoms with Gasteiger partial charge in [0, 0.05) is 6.20 Å². The summed E-state index contributed by atoms with van der Waals surface area (Å²) in [7, 11) is 0. The Morgan fingerprint density at radius 3 is 2.88 bits per heavy atom. The molecule has 0 unspecified atom stereocenters. The molecule has 0 aliphatic carbocycles. The lowest BCUT2D eigenvalue weighted by Crippen LogP contribution is -2.36. The molecule has 5 heteroatoms. The Bertz CT molecular complexity index is 391. The van der Waals surface area contributed by atoms with Crippen molar-refractivity contribution in [2.45, 2.75) is 26.3 Å². The molecule has 0 spiro atoms. The Kier molecular flexibility index (Phi) is 4.45. The van der Waals surface area contributed by atoms with Crippen molar-refractivity contribution >= 4 is 11.8 Å². The number of hydrogen-bond acceptors (Lipinski definition) is 5. The lowest BCUT2D eigenvalue weighted by atomic mass is 10.1. The number of anilines is 1. The van der Waals surface area contributed by atoms with Crippen LogP contribution in [0.15, 0.2) is 18.3 Å². The summed E-state index contributed by atoms with van der Waals surface area (Å²) < 4.78 is 4.94. The van der Waals surface area contributed by atoms with Crippen molar-refractivity contribution in [2.75, 3.05) is 18.5 Å². The minimum Gasteiger partial charge on any atom is -0.462 e. The van der Waals surface area contributed by atoms with E-state index >= 15 is 0 Å². The van der Waals surface area contributed by atoms with Gasteiger partial charge in [-0.25, -0.2) is 9.78 Å². The third-order valence-electron chi connectivity index (χ3n) is 2.16. The summed E-state index contributed by atoms with van der Waals surface area (Å²) in [5.74, 6) is 0.00170. The van der Waals surface area contributed by atoms with Crippen molar-refractivity contribution in [2.24, 2.45) is 0 Å². The zero-order valence-corrected chi connectivity index (χ0v) is 10.4. The standard InChI is InChI=1S/C12H18N2O3/c1-4-17-11(16)9-6-5-7-13-10(9)14-12(2,3)8-15/h5-7,15H,4,8H2,1-3H3,(H,13,14). The normalized spacial score (nSPS) is 11.1. The van der Waals surface area contributed by atoms with Gasteiger partial charge in [0.25, 0.3) is 0 Å². The molecule has 1 rings (SSSR count). The van der Waals surface area contributed by atoms with E-state index in [-0.39, 0.29) is 6.61 Å². The number of carbonyl (C=O) groups is 1. The molecular weight excluding hydrogens is 220 g/mol. The fourth-order valence-electron chi connectivity index (χ4n) is 1.24. The number of esters is 1. The van der Waals surface area contributed by atoms with E-state index in [4.69, 9.17) is 4.74 Å². The number of rotatable bonds is 5. The number of nitrogens with zero attached hydrogens (tertiary/aromatic N) is 1. The van der Waals surface area contributed by atoms with Gasteiger partial charge in [0.2, 0.25) is 0 Å². The number of ether oxygens (including phenoxy) is 1. The number of aliphatic hydroxyl groups is 1. The van der Waals surface area contributed by atoms with Crippen molar-refractivity contribution < 1.29 is 14.6 Å². The van der Waals surface area contributed by atoms with E-state index in [1.807, 2.05) is 13.8 Å². The minimum absolute atomic E-state index is 0.0637. The summed E-state index contributed by atoms with van der Waals surface area (Å²) in [6.07, 6.45) is 1.58. The van der Waals surface area contributed by atoms with Crippen LogP contribution in [0.25, 0.3) is 0 Å². The van der Waals surface area contributed by atoms with Crippen LogP contribution in [-0.2, 0) is 4.74 Å². The van der Waals surface area contributed by atoms with Gasteiger partial charge in [-0.2, -0.15) is 0 Å². The van der Waals surface area contributed by atoms with Crippen LogP contribution in [0.5, 0.6) is 0 Å². The number of carbonyl (C=O) groups excluding carboxylic acids is 1. The van der Waals surface area contributed by atoms with Crippen LogP contribution in [0.1, 0.15) is 31.1 Å². The number of pyridine rings is 1. The second-order valence-corrected chi connectivity index (χ2v) is 4.29. The van der Waals surface area contributed by atoms with Crippen molar-refractivity contribution in [3.05, 3.63) is 23.9 Å². The zero-order valence-electron chi connectivity index (χ0n) is 10.4. The Hall–Kier alpha value is -1.62. The van der Waals surface area contributed by atoms with Gasteiger partial charge in [0.05, 0.1) is 18.8 Å². The van der Waals surface area contributed by atoms with Gasteiger partial charge in [-0.05, 0) is 32.9 Å². The smallest absolute Gasteiger partial charge is 0.341 e. The molecule has 5 nitrogen and oxygen atoms in total. The third kappa shape index (κ3) is 3.71. The molecule has 0 amide bonds. The summed E-state index contributed by atoms with van der Waals surface area (Å²) in [4.78, 5) is 15.8. The average Bonchev–Trinajstić information content (AvgIpc) is 2.29. The van der Waals surface area contributed by atoms with Gasteiger partial charge in [-0.15, -0.1) is 0 Å². The highest BCUT2D eigenvalue weighted by Crippen LogP contribution is 2.17. The molecule has 0 aromatic carbocycles. The summed E-state index contributed by atoms with van der Waals surface area (Å²) in [5.41, 5.74) is -0.175. The molecule has 0 atom stereocenters. The summed E-state index contributed by atoms with van der Waals surface area (Å²) in [5, 5.41) is 12.2. The van der Waals surface area contributed by atoms with Crippen molar-refractivity contribution in [1.82, 2.24) is 4.98 Å². The van der Waals surface area contributed by atoms with Gasteiger partial charge < -0.3 is 15.2 Å². The van der Waals surface area contributed by atoms with E-state index < -0.39 is 11.5 Å². The molecule has 1 heterocycles. The molecule has 94 valence electrons. The largest absolute Gasteiger partial charge is 0.462 e. The first-order chi connectivity index (χ1) is 8.00. The van der Waals surface area contributed by atoms with Crippen molar-refractivity contribution in [3.63, 3.8) is 0 Å². The van der Waals surface area contributed by atoms with Gasteiger partial charge in [0.15, 0.2) is 0 Å². The Balaban J connectivity index is 2.96. The second kappa shape index (κ2) is 5.63. The highest BCUT2D eigenvalue weighted by atomic mass is 16.5. The summed E-state index contributed by atoms with van der Waals surface area (Å²) in [6.45, 7) is 5.63. The van der Waals surface area contributed by atoms with Crippen LogP contribution in [0.3, 0.4) is 0 Å². The fraction of sp³-hybridized carbons (Fsp3) is 0.500. The third-order valence-corrected chi connectivity index (χ3v) is 2.16. The molecule has 0 aliphatic heterocycles. The van der Waals surface area contributed by atoms with Gasteiger partial charge in [-0.3, -0.25) is 0 Å². The Labute approximate surface area is 101 Å². The highest BCUT2D eigenvalue weighted by Gasteiger charge is 2.21. The molecule has 17 heavy (non-hydrogen) atoms. The average molecular weight is 238 g/mol. The molecule has 0 aliphatic rings. The first-order valence-corrected chi connectivity index (χ1v) is 5.51. The van der Waals surface area contributed by atoms with Crippen LogP contribution >= 0.6 is 0 Å². The van der Waals surface area contributed by atoms with E-state index in [0.29, 0.717) is 18.0 Å². The van der Waals surface area contributed by atoms with Gasteiger partial charge in [0.1, 0.15) is 11.4 Å². The van der Waals surface area contributed by atoms with Gasteiger partial charge >= 0.3 is 5.97 Å². The van der Waals surface area contributed by atoms with Crippen molar-refractivity contribution in [3.8, 4) is 0 Å². The fourth-order valence-corrected chi connectivity index (χ4v) is 1.24. The van der Waals surface area contributed by atoms with Crippen LogP contribution in [-0.4, -0.2) is 34.8 Å². The Morgan fingerprint density at radius 1 is 1.59 bits per heavy atom. The number of aliphatic hydroxyl groups excluding tert-OH is 1. The molecule has 0 saturated carbocycles. The van der Waals surface area contributed by atoms with Crippen LogP contribution in [0.4, 0.5) is 5.82 Å². The van der Waals surface area contributed by atoms with E-state index in [9.17, 15) is 9.90 Å². The molecule has 1 aromatic rings. The monoisotopic (exact) mass is 238 g/mol. The van der Waals surface area contributed by atoms with Crippen molar-refractivity contribution in [1.29, 1.82) is 0 Å². The maximum Gasteiger partial charge on any atom is 0.341 e. The predicted molar refractivity (Wildman–Crippen MR) is 65.0 cm³/mol. The van der Waals surface area contributed by atoms with Crippen LogP contribution < -0.4 is 5.32 Å². The quantitative estimate of drug-likeness (QED) is 0.759. The number of hydrogen-bond donors (Lipinski definition) is 2. The lowest BCUT2D eigenvalue weighted by molar-refractivity contribution is 0.0527. The van der Waals surface area contributed by atoms with Crippen LogP contribution in [0.2, 0.25) is 0 Å². The number of nitrogens with one attached hydrogen (secondary N) is 1. The molecule has 0 fully saturated rings. The second-order valence-electron chi connectivity index (χ2n) is 4.29. The minimum atomic E-state index is -0.546. The topological polar surface area (TPSA) is 71.5 Å². The van der Waals surface area contributed by atoms with E-state index in [2.05, 4.69) is 10.3 Å². The predicted octanol–water partition coefficient (Wildman–Crippen LogP) is 1.44. The lowest BCUT2D eigenvalue weighted by Gasteiger charge is -2.25. The molecular formula is C12H18N2O3.